The quantitative estimate of drug-likeness (QED) is 0.372. The van der Waals surface area contributed by atoms with Gasteiger partial charge in [0.15, 0.2) is 9.84 Å². The number of nitriles is 1. The van der Waals surface area contributed by atoms with Crippen molar-refractivity contribution in [1.29, 1.82) is 5.26 Å². The Bertz CT molecular complexity index is 1500. The first-order chi connectivity index (χ1) is 16.3. The first-order valence-corrected chi connectivity index (χ1v) is 12.5. The lowest BCUT2D eigenvalue weighted by atomic mass is 10.1. The van der Waals surface area contributed by atoms with Crippen LogP contribution in [0.3, 0.4) is 0 Å². The summed E-state index contributed by atoms with van der Waals surface area (Å²) in [4.78, 5) is 15.5. The third-order valence-corrected chi connectivity index (χ3v) is 7.99. The van der Waals surface area contributed by atoms with E-state index in [0.717, 1.165) is 0 Å². The van der Waals surface area contributed by atoms with Gasteiger partial charge in [0.2, 0.25) is 0 Å². The topological polar surface area (TPSA) is 104 Å². The molecule has 1 atom stereocenters. The Morgan fingerprint density at radius 3 is 2.56 bits per heavy atom. The predicted octanol–water partition coefficient (Wildman–Crippen LogP) is 4.77. The number of carbonyl (C=O) groups is 1. The number of H-pyrrole nitrogens is 1. The second-order valence-electron chi connectivity index (χ2n) is 7.76. The zero-order chi connectivity index (χ0) is 24.5. The third kappa shape index (κ3) is 4.20. The lowest BCUT2D eigenvalue weighted by molar-refractivity contribution is -0.142. The van der Waals surface area contributed by atoms with Crippen LogP contribution in [0.2, 0.25) is 5.02 Å². The third-order valence-electron chi connectivity index (χ3n) is 5.71. The highest BCUT2D eigenvalue weighted by atomic mass is 35.5. The molecule has 9 heteroatoms. The molecule has 0 saturated carbocycles. The molecule has 34 heavy (non-hydrogen) atoms. The van der Waals surface area contributed by atoms with E-state index in [1.54, 1.807) is 54.9 Å². The maximum atomic E-state index is 14.0. The van der Waals surface area contributed by atoms with E-state index >= 15 is 0 Å². The van der Waals surface area contributed by atoms with Crippen LogP contribution in [0.25, 0.3) is 5.52 Å². The molecule has 0 amide bonds. The van der Waals surface area contributed by atoms with E-state index in [1.165, 1.54) is 24.3 Å². The number of nitrogens with zero attached hydrogens (tertiary/aromatic N) is 2. The van der Waals surface area contributed by atoms with Crippen molar-refractivity contribution in [3.05, 3.63) is 94.0 Å². The summed E-state index contributed by atoms with van der Waals surface area (Å²) in [5, 5.41) is 8.79. The molecule has 0 saturated heterocycles. The first kappa shape index (κ1) is 23.6. The van der Waals surface area contributed by atoms with E-state index in [9.17, 15) is 18.5 Å². The van der Waals surface area contributed by atoms with Crippen molar-refractivity contribution in [3.63, 3.8) is 0 Å². The molecule has 0 aliphatic heterocycles. The average molecular weight is 496 g/mol. The molecule has 1 unspecified atom stereocenters. The number of pyridine rings is 1. The molecule has 0 aliphatic rings. The molecule has 1 aromatic carbocycles. The maximum Gasteiger partial charge on any atom is 0.310 e. The number of sulfone groups is 1. The van der Waals surface area contributed by atoms with Crippen LogP contribution in [0.15, 0.2) is 65.8 Å². The van der Waals surface area contributed by atoms with Crippen LogP contribution in [0.1, 0.15) is 40.3 Å². The van der Waals surface area contributed by atoms with Crippen LogP contribution >= 0.6 is 11.6 Å². The number of hydrogen-bond acceptors (Lipinski definition) is 5. The summed E-state index contributed by atoms with van der Waals surface area (Å²) in [6, 6.07) is 14.9. The monoisotopic (exact) mass is 495 g/mol. The van der Waals surface area contributed by atoms with Gasteiger partial charge in [0.1, 0.15) is 11.3 Å². The molecule has 1 N–H and O–H groups in total. The van der Waals surface area contributed by atoms with Gasteiger partial charge in [-0.05, 0) is 73.5 Å². The van der Waals surface area contributed by atoms with Crippen molar-refractivity contribution < 1.29 is 17.9 Å². The highest BCUT2D eigenvalue weighted by molar-refractivity contribution is 7.91. The van der Waals surface area contributed by atoms with Crippen LogP contribution in [-0.2, 0) is 25.8 Å². The van der Waals surface area contributed by atoms with Gasteiger partial charge in [-0.15, -0.1) is 0 Å². The van der Waals surface area contributed by atoms with Crippen LogP contribution < -0.4 is 0 Å². The number of ether oxygens (including phenoxy) is 1. The Hall–Kier alpha value is -3.54. The lowest BCUT2D eigenvalue weighted by Gasteiger charge is -2.19. The first-order valence-electron chi connectivity index (χ1n) is 10.6. The SMILES string of the molecule is CCOC(=O)Cc1c(C)c(C(c2ccc[nH]2)S(=O)(=O)c2ccc(Cl)cc2)n2cc(C#N)ccc12. The van der Waals surface area contributed by atoms with Gasteiger partial charge in [0, 0.05) is 28.6 Å². The summed E-state index contributed by atoms with van der Waals surface area (Å²) in [5.41, 5.74) is 3.20. The molecule has 3 heterocycles. The fraction of sp³-hybridized carbons (Fsp3) is 0.200. The summed E-state index contributed by atoms with van der Waals surface area (Å²) >= 11 is 5.99. The molecule has 0 bridgehead atoms. The summed E-state index contributed by atoms with van der Waals surface area (Å²) in [5.74, 6) is -0.411. The molecular formula is C25H22ClN3O4S. The van der Waals surface area contributed by atoms with Crippen molar-refractivity contribution in [1.82, 2.24) is 9.38 Å². The normalized spacial score (nSPS) is 12.4. The number of nitrogens with one attached hydrogen (secondary N) is 1. The highest BCUT2D eigenvalue weighted by Gasteiger charge is 2.36. The summed E-state index contributed by atoms with van der Waals surface area (Å²) in [6.07, 6.45) is 3.23. The molecule has 0 aliphatic carbocycles. The number of aromatic amines is 1. The second-order valence-corrected chi connectivity index (χ2v) is 10.2. The summed E-state index contributed by atoms with van der Waals surface area (Å²) in [6.45, 7) is 3.76. The van der Waals surface area contributed by atoms with E-state index in [-0.39, 0.29) is 17.9 Å². The molecule has 174 valence electrons. The van der Waals surface area contributed by atoms with Crippen LogP contribution in [0.5, 0.6) is 0 Å². The Morgan fingerprint density at radius 1 is 1.21 bits per heavy atom. The molecule has 0 radical (unpaired) electrons. The van der Waals surface area contributed by atoms with Gasteiger partial charge in [0.05, 0.1) is 29.2 Å². The Morgan fingerprint density at radius 2 is 1.94 bits per heavy atom. The van der Waals surface area contributed by atoms with Gasteiger partial charge < -0.3 is 14.1 Å². The second kappa shape index (κ2) is 9.37. The number of esters is 1. The van der Waals surface area contributed by atoms with Crippen LogP contribution in [0, 0.1) is 18.3 Å². The Labute approximate surface area is 202 Å². The number of hydrogen-bond donors (Lipinski definition) is 1. The van der Waals surface area contributed by atoms with E-state index < -0.39 is 21.1 Å². The van der Waals surface area contributed by atoms with Crippen LogP contribution in [-0.4, -0.2) is 30.4 Å². The average Bonchev–Trinajstić information content (AvgIpc) is 3.42. The number of fused-ring (bicyclic) bond motifs is 1. The van der Waals surface area contributed by atoms with Gasteiger partial charge in [-0.25, -0.2) is 8.42 Å². The van der Waals surface area contributed by atoms with Gasteiger partial charge in [-0.2, -0.15) is 5.26 Å². The van der Waals surface area contributed by atoms with Gasteiger partial charge >= 0.3 is 5.97 Å². The van der Waals surface area contributed by atoms with Crippen LogP contribution in [0.4, 0.5) is 0 Å². The largest absolute Gasteiger partial charge is 0.466 e. The zero-order valence-corrected chi connectivity index (χ0v) is 20.2. The van der Waals surface area contributed by atoms with Crippen molar-refractivity contribution in [2.75, 3.05) is 6.61 Å². The molecule has 4 rings (SSSR count). The number of halogens is 1. The number of benzene rings is 1. The van der Waals surface area contributed by atoms with Gasteiger partial charge in [-0.1, -0.05) is 11.6 Å². The van der Waals surface area contributed by atoms with E-state index in [0.29, 0.717) is 38.6 Å². The standard InChI is InChI=1S/C25H22ClN3O4S/c1-3-33-23(30)13-20-16(2)24(29-15-17(14-27)6-11-22(20)29)25(21-5-4-12-28-21)34(31,32)19-9-7-18(26)8-10-19/h4-12,15,25,28H,3,13H2,1-2H3. The number of rotatable bonds is 7. The van der Waals surface area contributed by atoms with Crippen molar-refractivity contribution >= 4 is 32.9 Å². The molecule has 4 aromatic rings. The van der Waals surface area contributed by atoms with Crippen molar-refractivity contribution in [2.24, 2.45) is 0 Å². The van der Waals surface area contributed by atoms with Crippen molar-refractivity contribution in [3.8, 4) is 6.07 Å². The number of aromatic nitrogens is 2. The van der Waals surface area contributed by atoms with Gasteiger partial charge in [-0.3, -0.25) is 4.79 Å². The smallest absolute Gasteiger partial charge is 0.310 e. The highest BCUT2D eigenvalue weighted by Crippen LogP contribution is 2.39. The van der Waals surface area contributed by atoms with E-state index in [1.807, 2.05) is 0 Å². The summed E-state index contributed by atoms with van der Waals surface area (Å²) in [7, 11) is -3.96. The fourth-order valence-corrected chi connectivity index (χ4v) is 6.15. The van der Waals surface area contributed by atoms with Crippen molar-refractivity contribution in [2.45, 2.75) is 30.4 Å². The molecule has 0 fully saturated rings. The minimum atomic E-state index is -3.96. The van der Waals surface area contributed by atoms with E-state index in [2.05, 4.69) is 11.1 Å². The molecule has 7 nitrogen and oxygen atoms in total. The lowest BCUT2D eigenvalue weighted by Crippen LogP contribution is -2.18. The molecule has 0 spiro atoms. The Kier molecular flexibility index (Phi) is 6.51. The minimum Gasteiger partial charge on any atom is -0.466 e. The summed E-state index contributed by atoms with van der Waals surface area (Å²) < 4.78 is 34.8. The minimum absolute atomic E-state index is 0.0203. The molecular weight excluding hydrogens is 474 g/mol. The number of carbonyl (C=O) groups excluding carboxylic acids is 1. The molecule has 3 aromatic heterocycles. The maximum absolute atomic E-state index is 14.0. The van der Waals surface area contributed by atoms with Gasteiger partial charge in [0.25, 0.3) is 0 Å². The zero-order valence-electron chi connectivity index (χ0n) is 18.6. The van der Waals surface area contributed by atoms with E-state index in [4.69, 9.17) is 16.3 Å². The fourth-order valence-electron chi connectivity index (χ4n) is 4.17. The predicted molar refractivity (Wildman–Crippen MR) is 128 cm³/mol. The Balaban J connectivity index is 2.03.